The molecule has 4 nitrogen and oxygen atoms in total. The fraction of sp³-hybridized carbons (Fsp3) is 0.632. The second-order valence-corrected chi connectivity index (χ2v) is 7.45. The molecule has 23 heavy (non-hydrogen) atoms. The molecule has 1 saturated carbocycles. The lowest BCUT2D eigenvalue weighted by molar-refractivity contribution is 0.0636. The van der Waals surface area contributed by atoms with E-state index in [2.05, 4.69) is 10.6 Å². The van der Waals surface area contributed by atoms with Gasteiger partial charge in [0.15, 0.2) is 0 Å². The number of benzene rings is 1. The molecule has 1 aromatic rings. The maximum absolute atomic E-state index is 11.8. The Morgan fingerprint density at radius 1 is 1.13 bits per heavy atom. The molecule has 128 valence electrons. The van der Waals surface area contributed by atoms with Crippen LogP contribution in [0.25, 0.3) is 0 Å². The lowest BCUT2D eigenvalue weighted by atomic mass is 10.0. The van der Waals surface area contributed by atoms with Gasteiger partial charge in [0.1, 0.15) is 5.60 Å². The molecule has 1 aliphatic carbocycles. The molecule has 0 saturated heterocycles. The molecule has 2 rings (SSSR count). The summed E-state index contributed by atoms with van der Waals surface area (Å²) in [5.41, 5.74) is 1.31. The summed E-state index contributed by atoms with van der Waals surface area (Å²) in [4.78, 5) is 11.8. The van der Waals surface area contributed by atoms with Gasteiger partial charge >= 0.3 is 6.09 Å². The van der Waals surface area contributed by atoms with Crippen LogP contribution >= 0.6 is 0 Å². The Bertz CT molecular complexity index is 500. The van der Waals surface area contributed by atoms with Gasteiger partial charge in [-0.3, -0.25) is 5.32 Å². The Labute approximate surface area is 140 Å². The number of ether oxygens (including phenoxy) is 1. The van der Waals surface area contributed by atoms with E-state index in [0.717, 1.165) is 23.8 Å². The Hall–Kier alpha value is -1.71. The largest absolute Gasteiger partial charge is 0.444 e. The molecular formula is C19H30N2O2. The van der Waals surface area contributed by atoms with Crippen molar-refractivity contribution in [3.05, 3.63) is 24.3 Å². The lowest BCUT2D eigenvalue weighted by Gasteiger charge is -2.20. The van der Waals surface area contributed by atoms with Gasteiger partial charge in [-0.15, -0.1) is 0 Å². The third-order valence-corrected chi connectivity index (χ3v) is 4.08. The van der Waals surface area contributed by atoms with Gasteiger partial charge in [0.25, 0.3) is 0 Å². The average molecular weight is 318 g/mol. The van der Waals surface area contributed by atoms with Gasteiger partial charge in [-0.2, -0.15) is 0 Å². The molecule has 0 atom stereocenters. The molecule has 0 aliphatic heterocycles. The summed E-state index contributed by atoms with van der Waals surface area (Å²) in [5, 5.41) is 6.30. The molecule has 0 bridgehead atoms. The number of hydrogen-bond acceptors (Lipinski definition) is 3. The SMILES string of the molecule is CC(C)(C)OC(=O)Nc1cccc(NCC2CCCCCC2)c1. The highest BCUT2D eigenvalue weighted by atomic mass is 16.6. The normalized spacial score (nSPS) is 16.5. The molecule has 0 aromatic heterocycles. The van der Waals surface area contributed by atoms with E-state index in [1.807, 2.05) is 45.0 Å². The Balaban J connectivity index is 1.85. The smallest absolute Gasteiger partial charge is 0.412 e. The summed E-state index contributed by atoms with van der Waals surface area (Å²) in [6.07, 6.45) is 7.70. The maximum Gasteiger partial charge on any atom is 0.412 e. The number of nitrogens with one attached hydrogen (secondary N) is 2. The number of rotatable bonds is 4. The highest BCUT2D eigenvalue weighted by Gasteiger charge is 2.16. The van der Waals surface area contributed by atoms with E-state index in [-0.39, 0.29) is 0 Å². The first-order valence-electron chi connectivity index (χ1n) is 8.76. The molecule has 4 heteroatoms. The highest BCUT2D eigenvalue weighted by Crippen LogP contribution is 2.24. The Kier molecular flexibility index (Phi) is 6.31. The number of carbonyl (C=O) groups excluding carboxylic acids is 1. The number of carbonyl (C=O) groups is 1. The lowest BCUT2D eigenvalue weighted by Crippen LogP contribution is -2.27. The van der Waals surface area contributed by atoms with Crippen LogP contribution in [0.2, 0.25) is 0 Å². The number of hydrogen-bond donors (Lipinski definition) is 2. The zero-order valence-corrected chi connectivity index (χ0v) is 14.7. The standard InChI is InChI=1S/C19H30N2O2/c1-19(2,3)23-18(22)21-17-12-8-11-16(13-17)20-14-15-9-6-4-5-7-10-15/h8,11-13,15,20H,4-7,9-10,14H2,1-3H3,(H,21,22). The molecular weight excluding hydrogens is 288 g/mol. The van der Waals surface area contributed by atoms with Crippen molar-refractivity contribution in [2.45, 2.75) is 64.9 Å². The second-order valence-electron chi connectivity index (χ2n) is 7.45. The van der Waals surface area contributed by atoms with Crippen molar-refractivity contribution in [1.29, 1.82) is 0 Å². The van der Waals surface area contributed by atoms with E-state index >= 15 is 0 Å². The minimum atomic E-state index is -0.487. The van der Waals surface area contributed by atoms with E-state index in [0.29, 0.717) is 0 Å². The van der Waals surface area contributed by atoms with Crippen molar-refractivity contribution in [3.63, 3.8) is 0 Å². The van der Waals surface area contributed by atoms with E-state index in [1.54, 1.807) is 0 Å². The molecule has 1 aliphatic rings. The van der Waals surface area contributed by atoms with Gasteiger partial charge in [-0.1, -0.05) is 31.7 Å². The van der Waals surface area contributed by atoms with Crippen LogP contribution < -0.4 is 10.6 Å². The molecule has 0 unspecified atom stereocenters. The van der Waals surface area contributed by atoms with Gasteiger partial charge in [0.05, 0.1) is 0 Å². The molecule has 1 amide bonds. The van der Waals surface area contributed by atoms with Crippen LogP contribution in [-0.2, 0) is 4.74 Å². The van der Waals surface area contributed by atoms with Gasteiger partial charge < -0.3 is 10.1 Å². The van der Waals surface area contributed by atoms with Gasteiger partial charge in [0, 0.05) is 17.9 Å². The summed E-state index contributed by atoms with van der Waals surface area (Å²) < 4.78 is 5.28. The van der Waals surface area contributed by atoms with Crippen molar-refractivity contribution in [1.82, 2.24) is 0 Å². The highest BCUT2D eigenvalue weighted by molar-refractivity contribution is 5.85. The first-order chi connectivity index (χ1) is 10.9. The van der Waals surface area contributed by atoms with Crippen LogP contribution in [0.5, 0.6) is 0 Å². The molecule has 0 spiro atoms. The fourth-order valence-corrected chi connectivity index (χ4v) is 2.96. The van der Waals surface area contributed by atoms with Gasteiger partial charge in [0.2, 0.25) is 0 Å². The molecule has 1 fully saturated rings. The Morgan fingerprint density at radius 3 is 2.43 bits per heavy atom. The van der Waals surface area contributed by atoms with Crippen molar-refractivity contribution >= 4 is 17.5 Å². The van der Waals surface area contributed by atoms with Gasteiger partial charge in [-0.25, -0.2) is 4.79 Å². The molecule has 0 radical (unpaired) electrons. The third kappa shape index (κ3) is 6.93. The second kappa shape index (κ2) is 8.23. The minimum absolute atomic E-state index is 0.418. The van der Waals surface area contributed by atoms with Crippen molar-refractivity contribution in [2.75, 3.05) is 17.2 Å². The molecule has 0 heterocycles. The maximum atomic E-state index is 11.8. The summed E-state index contributed by atoms with van der Waals surface area (Å²) in [6, 6.07) is 7.82. The van der Waals surface area contributed by atoms with Crippen LogP contribution in [0, 0.1) is 5.92 Å². The van der Waals surface area contributed by atoms with Crippen LogP contribution in [0.3, 0.4) is 0 Å². The predicted octanol–water partition coefficient (Wildman–Crippen LogP) is 5.42. The zero-order chi connectivity index (χ0) is 16.7. The quantitative estimate of drug-likeness (QED) is 0.729. The molecule has 1 aromatic carbocycles. The third-order valence-electron chi connectivity index (χ3n) is 4.08. The van der Waals surface area contributed by atoms with E-state index in [1.165, 1.54) is 38.5 Å². The topological polar surface area (TPSA) is 50.4 Å². The van der Waals surface area contributed by atoms with Crippen LogP contribution in [0.4, 0.5) is 16.2 Å². The molecule has 2 N–H and O–H groups in total. The number of amides is 1. The van der Waals surface area contributed by atoms with Crippen LogP contribution in [0.1, 0.15) is 59.3 Å². The predicted molar refractivity (Wildman–Crippen MR) is 96.0 cm³/mol. The summed E-state index contributed by atoms with van der Waals surface area (Å²) >= 11 is 0. The monoisotopic (exact) mass is 318 g/mol. The van der Waals surface area contributed by atoms with Crippen molar-refractivity contribution in [2.24, 2.45) is 5.92 Å². The zero-order valence-electron chi connectivity index (χ0n) is 14.7. The van der Waals surface area contributed by atoms with Crippen LogP contribution in [0.15, 0.2) is 24.3 Å². The Morgan fingerprint density at radius 2 is 1.78 bits per heavy atom. The van der Waals surface area contributed by atoms with E-state index in [4.69, 9.17) is 4.74 Å². The summed E-state index contributed by atoms with van der Waals surface area (Å²) in [6.45, 7) is 6.59. The van der Waals surface area contributed by atoms with Crippen LogP contribution in [-0.4, -0.2) is 18.2 Å². The first kappa shape index (κ1) is 17.6. The van der Waals surface area contributed by atoms with E-state index in [9.17, 15) is 4.79 Å². The minimum Gasteiger partial charge on any atom is -0.444 e. The fourth-order valence-electron chi connectivity index (χ4n) is 2.96. The first-order valence-corrected chi connectivity index (χ1v) is 8.76. The van der Waals surface area contributed by atoms with Crippen molar-refractivity contribution in [3.8, 4) is 0 Å². The number of anilines is 2. The van der Waals surface area contributed by atoms with E-state index < -0.39 is 11.7 Å². The van der Waals surface area contributed by atoms with Crippen molar-refractivity contribution < 1.29 is 9.53 Å². The van der Waals surface area contributed by atoms with Gasteiger partial charge in [-0.05, 0) is 57.7 Å². The summed E-state index contributed by atoms with van der Waals surface area (Å²) in [5.74, 6) is 0.764. The average Bonchev–Trinajstić information content (AvgIpc) is 2.72. The summed E-state index contributed by atoms with van der Waals surface area (Å²) in [7, 11) is 0.